The number of halogens is 4. The van der Waals surface area contributed by atoms with Crippen molar-refractivity contribution in [1.82, 2.24) is 5.32 Å². The van der Waals surface area contributed by atoms with E-state index >= 15 is 0 Å². The number of aryl methyl sites for hydroxylation is 2. The summed E-state index contributed by atoms with van der Waals surface area (Å²) in [4.78, 5) is 23.6. The van der Waals surface area contributed by atoms with Crippen LogP contribution in [0.2, 0.25) is 0 Å². The molecule has 0 aliphatic carbocycles. The van der Waals surface area contributed by atoms with Crippen molar-refractivity contribution < 1.29 is 41.7 Å². The Bertz CT molecular complexity index is 1310. The Morgan fingerprint density at radius 1 is 1.03 bits per heavy atom. The minimum absolute atomic E-state index is 0.00371. The molecule has 0 fully saturated rings. The van der Waals surface area contributed by atoms with E-state index in [0.717, 1.165) is 36.4 Å². The quantitative estimate of drug-likeness (QED) is 0.317. The van der Waals surface area contributed by atoms with Gasteiger partial charge < -0.3 is 19.9 Å². The number of nitrogens with one attached hydrogen (secondary N) is 1. The van der Waals surface area contributed by atoms with E-state index in [4.69, 9.17) is 14.6 Å². The van der Waals surface area contributed by atoms with Crippen molar-refractivity contribution in [3.63, 3.8) is 0 Å². The van der Waals surface area contributed by atoms with E-state index in [1.165, 1.54) is 18.2 Å². The summed E-state index contributed by atoms with van der Waals surface area (Å²) < 4.78 is 64.1. The molecule has 1 amide bonds. The molecule has 6 nitrogen and oxygen atoms in total. The standard InChI is InChI=1S/C27H25F4NO5/c1-15-10-21(7-4-17(15)5-9-25(33)34)37-22-12-18(11-20(28)14-22)16(2)32-26(35)23-8-6-19(27(29,30)31)13-24(23)36-3/h4,6-8,10-14,16H,5,9H2,1-3H3,(H,32,35)(H,33,34). The highest BCUT2D eigenvalue weighted by Gasteiger charge is 2.32. The molecule has 10 heteroatoms. The second-order valence-corrected chi connectivity index (χ2v) is 8.41. The first-order chi connectivity index (χ1) is 17.4. The van der Waals surface area contributed by atoms with Crippen LogP contribution in [0, 0.1) is 12.7 Å². The zero-order chi connectivity index (χ0) is 27.3. The maximum absolute atomic E-state index is 14.4. The molecule has 0 saturated carbocycles. The molecular weight excluding hydrogens is 494 g/mol. The van der Waals surface area contributed by atoms with E-state index < -0.39 is 35.5 Å². The van der Waals surface area contributed by atoms with Crippen LogP contribution in [0.3, 0.4) is 0 Å². The molecule has 1 unspecified atom stereocenters. The molecule has 3 aromatic rings. The van der Waals surface area contributed by atoms with Gasteiger partial charge in [0, 0.05) is 12.5 Å². The van der Waals surface area contributed by atoms with Crippen molar-refractivity contribution in [3.8, 4) is 17.2 Å². The number of benzene rings is 3. The molecule has 37 heavy (non-hydrogen) atoms. The van der Waals surface area contributed by atoms with Crippen LogP contribution >= 0.6 is 0 Å². The third-order valence-electron chi connectivity index (χ3n) is 5.67. The maximum Gasteiger partial charge on any atom is 0.416 e. The van der Waals surface area contributed by atoms with Gasteiger partial charge in [-0.1, -0.05) is 6.07 Å². The van der Waals surface area contributed by atoms with Gasteiger partial charge in [0.15, 0.2) is 0 Å². The molecule has 1 atom stereocenters. The van der Waals surface area contributed by atoms with Gasteiger partial charge in [-0.05, 0) is 79.4 Å². The molecule has 0 spiro atoms. The lowest BCUT2D eigenvalue weighted by molar-refractivity contribution is -0.138. The zero-order valence-electron chi connectivity index (χ0n) is 20.3. The highest BCUT2D eigenvalue weighted by atomic mass is 19.4. The number of carbonyl (C=O) groups is 2. The number of carboxylic acid groups (broad SMARTS) is 1. The summed E-state index contributed by atoms with van der Waals surface area (Å²) in [6.45, 7) is 3.41. The average molecular weight is 519 g/mol. The number of amides is 1. The van der Waals surface area contributed by atoms with Crippen molar-refractivity contribution in [2.24, 2.45) is 0 Å². The van der Waals surface area contributed by atoms with Gasteiger partial charge in [-0.2, -0.15) is 13.2 Å². The molecule has 2 N–H and O–H groups in total. The number of alkyl halides is 3. The molecule has 0 saturated heterocycles. The van der Waals surface area contributed by atoms with E-state index in [1.54, 1.807) is 25.1 Å². The number of methoxy groups -OCH3 is 1. The van der Waals surface area contributed by atoms with Gasteiger partial charge in [0.1, 0.15) is 23.1 Å². The Morgan fingerprint density at radius 3 is 2.38 bits per heavy atom. The third-order valence-corrected chi connectivity index (χ3v) is 5.67. The van der Waals surface area contributed by atoms with Crippen molar-refractivity contribution >= 4 is 11.9 Å². The Balaban J connectivity index is 1.76. The van der Waals surface area contributed by atoms with Crippen molar-refractivity contribution in [2.75, 3.05) is 7.11 Å². The zero-order valence-corrected chi connectivity index (χ0v) is 20.3. The van der Waals surface area contributed by atoms with Crippen LogP contribution in [-0.2, 0) is 17.4 Å². The van der Waals surface area contributed by atoms with Gasteiger partial charge in [0.05, 0.1) is 24.3 Å². The van der Waals surface area contributed by atoms with Crippen molar-refractivity contribution in [3.05, 3.63) is 88.2 Å². The fraction of sp³-hybridized carbons (Fsp3) is 0.259. The molecule has 0 heterocycles. The maximum atomic E-state index is 14.4. The Kier molecular flexibility index (Phi) is 8.42. The van der Waals surface area contributed by atoms with Gasteiger partial charge >= 0.3 is 12.1 Å². The number of carboxylic acids is 1. The van der Waals surface area contributed by atoms with Crippen LogP contribution in [0.25, 0.3) is 0 Å². The summed E-state index contributed by atoms with van der Waals surface area (Å²) in [6.07, 6.45) is -4.23. The predicted molar refractivity (Wildman–Crippen MR) is 127 cm³/mol. The van der Waals surface area contributed by atoms with Gasteiger partial charge in [0.2, 0.25) is 0 Å². The van der Waals surface area contributed by atoms with Crippen LogP contribution < -0.4 is 14.8 Å². The summed E-state index contributed by atoms with van der Waals surface area (Å²) in [5.41, 5.74) is 0.981. The lowest BCUT2D eigenvalue weighted by Crippen LogP contribution is -2.27. The van der Waals surface area contributed by atoms with Crippen molar-refractivity contribution in [1.29, 1.82) is 0 Å². The molecule has 0 aromatic heterocycles. The topological polar surface area (TPSA) is 84.9 Å². The summed E-state index contributed by atoms with van der Waals surface area (Å²) in [6, 6.07) is 10.8. The largest absolute Gasteiger partial charge is 0.496 e. The van der Waals surface area contributed by atoms with Gasteiger partial charge in [0.25, 0.3) is 5.91 Å². The minimum atomic E-state index is -4.59. The summed E-state index contributed by atoms with van der Waals surface area (Å²) in [5.74, 6) is -1.87. The fourth-order valence-corrected chi connectivity index (χ4v) is 3.70. The highest BCUT2D eigenvalue weighted by molar-refractivity contribution is 5.97. The summed E-state index contributed by atoms with van der Waals surface area (Å²) >= 11 is 0. The number of rotatable bonds is 9. The van der Waals surface area contributed by atoms with Crippen LogP contribution in [-0.4, -0.2) is 24.1 Å². The first-order valence-electron chi connectivity index (χ1n) is 11.2. The fourth-order valence-electron chi connectivity index (χ4n) is 3.70. The van der Waals surface area contributed by atoms with Crippen LogP contribution in [0.15, 0.2) is 54.6 Å². The Labute approximate surface area is 210 Å². The van der Waals surface area contributed by atoms with Gasteiger partial charge in [-0.15, -0.1) is 0 Å². The average Bonchev–Trinajstić information content (AvgIpc) is 2.82. The Hall–Kier alpha value is -4.08. The van der Waals surface area contributed by atoms with E-state index in [9.17, 15) is 27.2 Å². The van der Waals surface area contributed by atoms with E-state index in [0.29, 0.717) is 17.7 Å². The number of aliphatic carboxylic acids is 1. The molecule has 0 aliphatic heterocycles. The predicted octanol–water partition coefficient (Wildman–Crippen LogP) is 6.46. The molecule has 196 valence electrons. The number of carbonyl (C=O) groups excluding carboxylic acids is 1. The van der Waals surface area contributed by atoms with Crippen molar-refractivity contribution in [2.45, 2.75) is 38.9 Å². The molecule has 3 rings (SSSR count). The van der Waals surface area contributed by atoms with Gasteiger partial charge in [-0.3, -0.25) is 9.59 Å². The Morgan fingerprint density at radius 2 is 1.76 bits per heavy atom. The molecule has 3 aromatic carbocycles. The number of hydrogen-bond donors (Lipinski definition) is 2. The lowest BCUT2D eigenvalue weighted by atomic mass is 10.0. The SMILES string of the molecule is COc1cc(C(F)(F)F)ccc1C(=O)NC(C)c1cc(F)cc(Oc2ccc(CCC(=O)O)c(C)c2)c1. The van der Waals surface area contributed by atoms with Crippen LogP contribution in [0.4, 0.5) is 17.6 Å². The summed E-state index contributed by atoms with van der Waals surface area (Å²) in [7, 11) is 1.16. The molecule has 0 radical (unpaired) electrons. The lowest BCUT2D eigenvalue weighted by Gasteiger charge is -2.18. The molecule has 0 aliphatic rings. The minimum Gasteiger partial charge on any atom is -0.496 e. The second kappa shape index (κ2) is 11.3. The third kappa shape index (κ3) is 7.22. The molecule has 0 bridgehead atoms. The number of hydrogen-bond acceptors (Lipinski definition) is 4. The van der Waals surface area contributed by atoms with E-state index in [-0.39, 0.29) is 23.5 Å². The van der Waals surface area contributed by atoms with Gasteiger partial charge in [-0.25, -0.2) is 4.39 Å². The summed E-state index contributed by atoms with van der Waals surface area (Å²) in [5, 5.41) is 11.5. The second-order valence-electron chi connectivity index (χ2n) is 8.41. The number of ether oxygens (including phenoxy) is 2. The first kappa shape index (κ1) is 27.5. The monoisotopic (exact) mass is 519 g/mol. The van der Waals surface area contributed by atoms with E-state index in [1.807, 2.05) is 6.92 Å². The van der Waals surface area contributed by atoms with Crippen LogP contribution in [0.5, 0.6) is 17.2 Å². The molecular formula is C27H25F4NO5. The normalized spacial score (nSPS) is 12.1. The van der Waals surface area contributed by atoms with E-state index in [2.05, 4.69) is 5.32 Å². The smallest absolute Gasteiger partial charge is 0.416 e. The highest BCUT2D eigenvalue weighted by Crippen LogP contribution is 2.33. The van der Waals surface area contributed by atoms with Crippen LogP contribution in [0.1, 0.15) is 52.0 Å². The first-order valence-corrected chi connectivity index (χ1v) is 11.2.